The standard InChI is InChI=1S/C15H9FN2O3/c1-2-10-4-3-5-11(8-10)17-15(19)13-9-12(18(20)21)6-7-14(13)16/h1,3-9H,(H,17,19). The highest BCUT2D eigenvalue weighted by atomic mass is 19.1. The number of anilines is 1. The number of carbonyl (C=O) groups is 1. The quantitative estimate of drug-likeness (QED) is 0.535. The third-order valence-electron chi connectivity index (χ3n) is 2.69. The van der Waals surface area contributed by atoms with Crippen molar-refractivity contribution in [2.45, 2.75) is 0 Å². The van der Waals surface area contributed by atoms with Gasteiger partial charge in [-0.25, -0.2) is 4.39 Å². The summed E-state index contributed by atoms with van der Waals surface area (Å²) in [4.78, 5) is 21.9. The predicted octanol–water partition coefficient (Wildman–Crippen LogP) is 2.97. The minimum Gasteiger partial charge on any atom is -0.322 e. The molecule has 2 rings (SSSR count). The Kier molecular flexibility index (Phi) is 3.95. The van der Waals surface area contributed by atoms with Crippen molar-refractivity contribution in [2.75, 3.05) is 5.32 Å². The smallest absolute Gasteiger partial charge is 0.270 e. The van der Waals surface area contributed by atoms with Gasteiger partial charge in [0.2, 0.25) is 0 Å². The minimum atomic E-state index is -0.841. The first kappa shape index (κ1) is 14.2. The Hall–Kier alpha value is -3.20. The fraction of sp³-hybridized carbons (Fsp3) is 0. The van der Waals surface area contributed by atoms with E-state index >= 15 is 0 Å². The van der Waals surface area contributed by atoms with Crippen LogP contribution in [-0.2, 0) is 0 Å². The van der Waals surface area contributed by atoms with Crippen molar-refractivity contribution in [2.24, 2.45) is 0 Å². The maximum Gasteiger partial charge on any atom is 0.270 e. The summed E-state index contributed by atoms with van der Waals surface area (Å²) in [6, 6.07) is 9.17. The van der Waals surface area contributed by atoms with Crippen LogP contribution >= 0.6 is 0 Å². The minimum absolute atomic E-state index is 0.362. The number of nitro benzene ring substituents is 1. The molecule has 104 valence electrons. The Morgan fingerprint density at radius 2 is 2.05 bits per heavy atom. The third-order valence-corrected chi connectivity index (χ3v) is 2.69. The summed E-state index contributed by atoms with van der Waals surface area (Å²) >= 11 is 0. The largest absolute Gasteiger partial charge is 0.322 e. The zero-order chi connectivity index (χ0) is 15.4. The van der Waals surface area contributed by atoms with E-state index in [-0.39, 0.29) is 5.69 Å². The lowest BCUT2D eigenvalue weighted by Gasteiger charge is -2.06. The molecular formula is C15H9FN2O3. The van der Waals surface area contributed by atoms with Gasteiger partial charge in [0.1, 0.15) is 5.82 Å². The maximum atomic E-state index is 13.6. The molecule has 0 atom stereocenters. The van der Waals surface area contributed by atoms with Crippen LogP contribution in [0.2, 0.25) is 0 Å². The van der Waals surface area contributed by atoms with Gasteiger partial charge >= 0.3 is 0 Å². The van der Waals surface area contributed by atoms with Gasteiger partial charge in [0.25, 0.3) is 11.6 Å². The molecule has 0 unspecified atom stereocenters. The maximum absolute atomic E-state index is 13.6. The molecule has 0 spiro atoms. The van der Waals surface area contributed by atoms with Crippen molar-refractivity contribution >= 4 is 17.3 Å². The molecule has 0 aliphatic rings. The van der Waals surface area contributed by atoms with Crippen LogP contribution in [0.3, 0.4) is 0 Å². The van der Waals surface area contributed by atoms with Gasteiger partial charge in [0.15, 0.2) is 0 Å². The summed E-state index contributed by atoms with van der Waals surface area (Å²) in [5.74, 6) is 0.773. The first-order chi connectivity index (χ1) is 10.0. The number of nitrogens with one attached hydrogen (secondary N) is 1. The lowest BCUT2D eigenvalue weighted by atomic mass is 10.1. The topological polar surface area (TPSA) is 72.2 Å². The molecule has 0 aliphatic heterocycles. The summed E-state index contributed by atoms with van der Waals surface area (Å²) in [6.07, 6.45) is 5.24. The molecule has 1 N–H and O–H groups in total. The van der Waals surface area contributed by atoms with Crippen LogP contribution in [0.5, 0.6) is 0 Å². The van der Waals surface area contributed by atoms with E-state index in [1.54, 1.807) is 18.2 Å². The van der Waals surface area contributed by atoms with Crippen molar-refractivity contribution in [1.82, 2.24) is 0 Å². The molecule has 6 heteroatoms. The SMILES string of the molecule is C#Cc1cccc(NC(=O)c2cc([N+](=O)[O-])ccc2F)c1. The second-order valence-electron chi connectivity index (χ2n) is 4.10. The number of hydrogen-bond acceptors (Lipinski definition) is 3. The van der Waals surface area contributed by atoms with E-state index < -0.39 is 22.2 Å². The monoisotopic (exact) mass is 284 g/mol. The average Bonchev–Trinajstić information content (AvgIpc) is 2.47. The first-order valence-electron chi connectivity index (χ1n) is 5.83. The van der Waals surface area contributed by atoms with E-state index in [0.717, 1.165) is 18.2 Å². The second kappa shape index (κ2) is 5.84. The van der Waals surface area contributed by atoms with E-state index in [9.17, 15) is 19.3 Å². The fourth-order valence-electron chi connectivity index (χ4n) is 1.69. The summed E-state index contributed by atoms with van der Waals surface area (Å²) in [7, 11) is 0. The molecule has 21 heavy (non-hydrogen) atoms. The number of carbonyl (C=O) groups excluding carboxylic acids is 1. The van der Waals surface area contributed by atoms with E-state index in [0.29, 0.717) is 11.3 Å². The van der Waals surface area contributed by atoms with Crippen molar-refractivity contribution in [1.29, 1.82) is 0 Å². The second-order valence-corrected chi connectivity index (χ2v) is 4.10. The molecule has 2 aromatic rings. The summed E-state index contributed by atoms with van der Waals surface area (Å²) in [5, 5.41) is 13.1. The number of rotatable bonds is 3. The van der Waals surface area contributed by atoms with Crippen LogP contribution in [0.4, 0.5) is 15.8 Å². The highest BCUT2D eigenvalue weighted by molar-refractivity contribution is 6.04. The summed E-state index contributed by atoms with van der Waals surface area (Å²) in [5.41, 5.74) is 0.155. The zero-order valence-corrected chi connectivity index (χ0v) is 10.7. The van der Waals surface area contributed by atoms with E-state index in [4.69, 9.17) is 6.42 Å². The molecule has 0 aromatic heterocycles. The molecule has 1 amide bonds. The number of terminal acetylenes is 1. The number of non-ortho nitro benzene ring substituents is 1. The van der Waals surface area contributed by atoms with E-state index in [2.05, 4.69) is 11.2 Å². The van der Waals surface area contributed by atoms with Crippen molar-refractivity contribution in [3.8, 4) is 12.3 Å². The Bertz CT molecular complexity index is 766. The predicted molar refractivity (Wildman–Crippen MR) is 75.4 cm³/mol. The van der Waals surface area contributed by atoms with E-state index in [1.807, 2.05) is 0 Å². The number of benzene rings is 2. The Labute approximate surface area is 119 Å². The number of amides is 1. The van der Waals surface area contributed by atoms with Crippen LogP contribution in [0, 0.1) is 28.3 Å². The van der Waals surface area contributed by atoms with E-state index in [1.165, 1.54) is 6.07 Å². The van der Waals surface area contributed by atoms with Gasteiger partial charge in [0, 0.05) is 23.4 Å². The molecule has 0 bridgehead atoms. The van der Waals surface area contributed by atoms with Gasteiger partial charge in [-0.2, -0.15) is 0 Å². The van der Waals surface area contributed by atoms with Crippen molar-refractivity contribution < 1.29 is 14.1 Å². The van der Waals surface area contributed by atoms with Gasteiger partial charge in [0.05, 0.1) is 10.5 Å². The normalized spacial score (nSPS) is 9.71. The lowest BCUT2D eigenvalue weighted by molar-refractivity contribution is -0.384. The number of nitrogens with zero attached hydrogens (tertiary/aromatic N) is 1. The van der Waals surface area contributed by atoms with Gasteiger partial charge in [-0.1, -0.05) is 12.0 Å². The van der Waals surface area contributed by atoms with Crippen LogP contribution in [0.1, 0.15) is 15.9 Å². The molecule has 0 saturated heterocycles. The zero-order valence-electron chi connectivity index (χ0n) is 10.7. The molecular weight excluding hydrogens is 275 g/mol. The Morgan fingerprint density at radius 1 is 1.29 bits per heavy atom. The molecule has 0 fully saturated rings. The number of halogens is 1. The lowest BCUT2D eigenvalue weighted by Crippen LogP contribution is -2.14. The highest BCUT2D eigenvalue weighted by Gasteiger charge is 2.17. The van der Waals surface area contributed by atoms with Gasteiger partial charge < -0.3 is 5.32 Å². The van der Waals surface area contributed by atoms with Crippen LogP contribution in [0.25, 0.3) is 0 Å². The number of nitro groups is 1. The third kappa shape index (κ3) is 3.22. The van der Waals surface area contributed by atoms with Gasteiger partial charge in [-0.15, -0.1) is 6.42 Å². The highest BCUT2D eigenvalue weighted by Crippen LogP contribution is 2.18. The van der Waals surface area contributed by atoms with Crippen molar-refractivity contribution in [3.05, 3.63) is 69.5 Å². The van der Waals surface area contributed by atoms with Crippen molar-refractivity contribution in [3.63, 3.8) is 0 Å². The summed E-state index contributed by atoms with van der Waals surface area (Å²) in [6.45, 7) is 0. The number of hydrogen-bond donors (Lipinski definition) is 1. The Morgan fingerprint density at radius 3 is 2.71 bits per heavy atom. The molecule has 2 aromatic carbocycles. The molecule has 0 heterocycles. The first-order valence-corrected chi connectivity index (χ1v) is 5.83. The fourth-order valence-corrected chi connectivity index (χ4v) is 1.69. The molecule has 5 nitrogen and oxygen atoms in total. The molecule has 0 aliphatic carbocycles. The molecule has 0 saturated carbocycles. The van der Waals surface area contributed by atoms with Crippen LogP contribution < -0.4 is 5.32 Å². The van der Waals surface area contributed by atoms with Gasteiger partial charge in [-0.3, -0.25) is 14.9 Å². The molecule has 0 radical (unpaired) electrons. The summed E-state index contributed by atoms with van der Waals surface area (Å²) < 4.78 is 13.6. The van der Waals surface area contributed by atoms with Gasteiger partial charge in [-0.05, 0) is 24.3 Å². The van der Waals surface area contributed by atoms with Crippen LogP contribution in [0.15, 0.2) is 42.5 Å². The van der Waals surface area contributed by atoms with Crippen LogP contribution in [-0.4, -0.2) is 10.8 Å². The Balaban J connectivity index is 2.30. The average molecular weight is 284 g/mol.